The van der Waals surface area contributed by atoms with E-state index in [0.29, 0.717) is 25.7 Å². The molecular weight excluding hydrogens is 886 g/mol. The normalized spacial score (nSPS) is 15.4. The van der Waals surface area contributed by atoms with Gasteiger partial charge in [-0.1, -0.05) is 155 Å². The van der Waals surface area contributed by atoms with E-state index in [1.807, 2.05) is 54.7 Å². The van der Waals surface area contributed by atoms with Gasteiger partial charge in [0.2, 0.25) is 0 Å². The fraction of sp³-hybridized carbons (Fsp3) is 0.560. The summed E-state index contributed by atoms with van der Waals surface area (Å²) in [6.45, 7) is 1.38. The Morgan fingerprint density at radius 3 is 1.59 bits per heavy atom. The molecule has 0 aromatic rings. The standard InChI is InChI=1S/C50H80O14P2/c1-3-5-7-8-9-10-11-12-13-14-15-16-17-20-23-26-29-32-36-40-49(53)60-44-48(45-63-66(58,59)62-43-47(52)42-61-65(55,56)57)64-50(54)41-37-33-30-27-24-21-18-19-22-25-28-31-35-39-46(51)38-34-6-4-2/h6,9-10,12-13,15-16,19-24,28,30-31,33-35,39,46-48,51-52H,3-5,7-8,11,14,17-18,25-27,29,32,36-38,40-45H2,1-2H3,(H,58,59)(H2,55,56,57)/b10-9-,13-12-,16-15-,22-19-,23-20-,24-21-,31-28+,33-30-,34-6-,39-35+/t46?,47-,48+/m0/s1. The number of aliphatic hydroxyl groups excluding tert-OH is 2. The summed E-state index contributed by atoms with van der Waals surface area (Å²) in [6.07, 6.45) is 52.4. The highest BCUT2D eigenvalue weighted by atomic mass is 31.2. The smallest absolute Gasteiger partial charge is 0.462 e. The van der Waals surface area contributed by atoms with Crippen molar-refractivity contribution in [2.24, 2.45) is 0 Å². The van der Waals surface area contributed by atoms with Crippen LogP contribution < -0.4 is 0 Å². The van der Waals surface area contributed by atoms with Crippen LogP contribution >= 0.6 is 15.6 Å². The first kappa shape index (κ1) is 62.5. The molecule has 0 spiro atoms. The van der Waals surface area contributed by atoms with E-state index in [1.165, 1.54) is 19.3 Å². The van der Waals surface area contributed by atoms with Crippen molar-refractivity contribution < 1.29 is 66.7 Å². The Labute approximate surface area is 395 Å². The highest BCUT2D eigenvalue weighted by Gasteiger charge is 2.28. The third kappa shape index (κ3) is 47.0. The molecule has 0 aliphatic carbocycles. The van der Waals surface area contributed by atoms with Crippen LogP contribution in [0.5, 0.6) is 0 Å². The summed E-state index contributed by atoms with van der Waals surface area (Å²) < 4.78 is 47.7. The molecular formula is C50H80O14P2. The maximum absolute atomic E-state index is 12.7. The van der Waals surface area contributed by atoms with E-state index in [1.54, 1.807) is 6.08 Å². The summed E-state index contributed by atoms with van der Waals surface area (Å²) in [6, 6.07) is 0. The van der Waals surface area contributed by atoms with E-state index in [-0.39, 0.29) is 12.8 Å². The minimum Gasteiger partial charge on any atom is -0.462 e. The molecule has 0 aliphatic rings. The second-order valence-corrected chi connectivity index (χ2v) is 17.8. The quantitative estimate of drug-likeness (QED) is 0.0127. The third-order valence-electron chi connectivity index (χ3n) is 8.92. The van der Waals surface area contributed by atoms with Crippen molar-refractivity contribution in [2.75, 3.05) is 26.4 Å². The number of phosphoric acid groups is 2. The van der Waals surface area contributed by atoms with E-state index < -0.39 is 72.3 Å². The average Bonchev–Trinajstić information content (AvgIpc) is 3.27. The number of ether oxygens (including phenoxy) is 2. The fourth-order valence-electron chi connectivity index (χ4n) is 5.38. The summed E-state index contributed by atoms with van der Waals surface area (Å²) in [7, 11) is -9.74. The Morgan fingerprint density at radius 1 is 0.515 bits per heavy atom. The molecule has 4 atom stereocenters. The predicted octanol–water partition coefficient (Wildman–Crippen LogP) is 11.4. The lowest BCUT2D eigenvalue weighted by atomic mass is 10.1. The van der Waals surface area contributed by atoms with Crippen molar-refractivity contribution in [2.45, 2.75) is 154 Å². The number of unbranched alkanes of at least 4 members (excludes halogenated alkanes) is 6. The number of hydrogen-bond donors (Lipinski definition) is 5. The van der Waals surface area contributed by atoms with Crippen LogP contribution in [0.2, 0.25) is 0 Å². The van der Waals surface area contributed by atoms with Crippen molar-refractivity contribution in [3.8, 4) is 0 Å². The van der Waals surface area contributed by atoms with Gasteiger partial charge >= 0.3 is 27.6 Å². The number of rotatable bonds is 42. The van der Waals surface area contributed by atoms with Gasteiger partial charge in [0.05, 0.1) is 25.9 Å². The lowest BCUT2D eigenvalue weighted by molar-refractivity contribution is -0.161. The van der Waals surface area contributed by atoms with Crippen molar-refractivity contribution in [1.29, 1.82) is 0 Å². The maximum atomic E-state index is 12.7. The number of carbonyl (C=O) groups excluding carboxylic acids is 2. The third-order valence-corrected chi connectivity index (χ3v) is 10.4. The number of hydrogen-bond acceptors (Lipinski definition) is 11. The molecule has 0 fully saturated rings. The average molecular weight is 967 g/mol. The van der Waals surface area contributed by atoms with Gasteiger partial charge in [0.25, 0.3) is 0 Å². The van der Waals surface area contributed by atoms with E-state index in [9.17, 15) is 33.8 Å². The van der Waals surface area contributed by atoms with Crippen LogP contribution in [-0.2, 0) is 41.8 Å². The zero-order valence-corrected chi connectivity index (χ0v) is 41.1. The molecule has 0 saturated heterocycles. The Bertz CT molecular complexity index is 1640. The number of allylic oxidation sites excluding steroid dienone is 18. The molecule has 0 aromatic heterocycles. The van der Waals surface area contributed by atoms with E-state index in [4.69, 9.17) is 23.8 Å². The molecule has 0 bridgehead atoms. The number of aliphatic hydroxyl groups is 2. The summed E-state index contributed by atoms with van der Waals surface area (Å²) in [4.78, 5) is 52.8. The van der Waals surface area contributed by atoms with Gasteiger partial charge in [-0.25, -0.2) is 9.13 Å². The number of phosphoric ester groups is 2. The van der Waals surface area contributed by atoms with Crippen molar-refractivity contribution in [3.63, 3.8) is 0 Å². The molecule has 5 N–H and O–H groups in total. The monoisotopic (exact) mass is 967 g/mol. The molecule has 14 nitrogen and oxygen atoms in total. The van der Waals surface area contributed by atoms with E-state index >= 15 is 0 Å². The largest absolute Gasteiger partial charge is 0.472 e. The Morgan fingerprint density at radius 2 is 1.03 bits per heavy atom. The molecule has 0 rings (SSSR count). The molecule has 0 heterocycles. The van der Waals surface area contributed by atoms with Gasteiger partial charge < -0.3 is 34.4 Å². The lowest BCUT2D eigenvalue weighted by Crippen LogP contribution is -2.29. The van der Waals surface area contributed by atoms with Gasteiger partial charge in [-0.05, 0) is 89.9 Å². The summed E-state index contributed by atoms with van der Waals surface area (Å²) in [5.74, 6) is -1.20. The van der Waals surface area contributed by atoms with Gasteiger partial charge in [0.1, 0.15) is 12.7 Å². The zero-order valence-electron chi connectivity index (χ0n) is 39.3. The first-order chi connectivity index (χ1) is 31.8. The van der Waals surface area contributed by atoms with Crippen molar-refractivity contribution >= 4 is 27.6 Å². The molecule has 0 radical (unpaired) electrons. The Hall–Kier alpha value is -3.52. The van der Waals surface area contributed by atoms with Crippen LogP contribution in [0, 0.1) is 0 Å². The molecule has 66 heavy (non-hydrogen) atoms. The van der Waals surface area contributed by atoms with E-state index in [2.05, 4.69) is 83.7 Å². The number of carbonyl (C=O) groups is 2. The van der Waals surface area contributed by atoms with Crippen molar-refractivity contribution in [1.82, 2.24) is 0 Å². The second-order valence-electron chi connectivity index (χ2n) is 15.1. The molecule has 0 aliphatic heterocycles. The highest BCUT2D eigenvalue weighted by Crippen LogP contribution is 2.43. The molecule has 0 amide bonds. The SMILES string of the molecule is CC/C=C\CC(O)/C=C/C=C/C/C=C\C/C=C\C/C=C\CCC(=O)O[C@H](COC(=O)CCCCC/C=C\C/C=C\C/C=C\C/C=C\CCCCC)COP(=O)(O)OC[C@@H](O)COP(=O)(O)O. The zero-order chi connectivity index (χ0) is 48.8. The summed E-state index contributed by atoms with van der Waals surface area (Å²) in [5.41, 5.74) is 0. The van der Waals surface area contributed by atoms with Gasteiger partial charge in [0, 0.05) is 12.8 Å². The van der Waals surface area contributed by atoms with Crippen LogP contribution in [0.4, 0.5) is 0 Å². The van der Waals surface area contributed by atoms with Gasteiger partial charge in [-0.2, -0.15) is 0 Å². The Kier molecular flexibility index (Phi) is 41.7. The van der Waals surface area contributed by atoms with Crippen molar-refractivity contribution in [3.05, 3.63) is 122 Å². The predicted molar refractivity (Wildman–Crippen MR) is 263 cm³/mol. The highest BCUT2D eigenvalue weighted by molar-refractivity contribution is 7.47. The minimum absolute atomic E-state index is 0.0243. The van der Waals surface area contributed by atoms with Gasteiger partial charge in [-0.3, -0.25) is 23.2 Å². The van der Waals surface area contributed by atoms with Crippen LogP contribution in [0.15, 0.2) is 122 Å². The summed E-state index contributed by atoms with van der Waals surface area (Å²) >= 11 is 0. The first-order valence-electron chi connectivity index (χ1n) is 23.3. The van der Waals surface area contributed by atoms with E-state index in [0.717, 1.165) is 64.2 Å². The first-order valence-corrected chi connectivity index (χ1v) is 26.4. The van der Waals surface area contributed by atoms with Crippen LogP contribution in [0.25, 0.3) is 0 Å². The fourth-order valence-corrected chi connectivity index (χ4v) is 6.54. The Balaban J connectivity index is 4.72. The molecule has 2 unspecified atom stereocenters. The van der Waals surface area contributed by atoms with Gasteiger partial charge in [-0.15, -0.1) is 0 Å². The van der Waals surface area contributed by atoms with Crippen LogP contribution in [-0.4, -0.2) is 81.6 Å². The minimum atomic E-state index is -4.89. The number of esters is 2. The van der Waals surface area contributed by atoms with Crippen LogP contribution in [0.1, 0.15) is 136 Å². The maximum Gasteiger partial charge on any atom is 0.472 e. The molecule has 0 aromatic carbocycles. The topological polar surface area (TPSA) is 216 Å². The van der Waals surface area contributed by atoms with Gasteiger partial charge in [0.15, 0.2) is 6.10 Å². The lowest BCUT2D eigenvalue weighted by Gasteiger charge is -2.20. The molecule has 16 heteroatoms. The summed E-state index contributed by atoms with van der Waals surface area (Å²) in [5, 5.41) is 19.6. The molecule has 0 saturated carbocycles. The second kappa shape index (κ2) is 44.0. The molecule has 374 valence electrons. The van der Waals surface area contributed by atoms with Crippen LogP contribution in [0.3, 0.4) is 0 Å².